The zero-order valence-electron chi connectivity index (χ0n) is 8.53. The highest BCUT2D eigenvalue weighted by Gasteiger charge is 2.06. The summed E-state index contributed by atoms with van der Waals surface area (Å²) in [6, 6.07) is 0.396. The summed E-state index contributed by atoms with van der Waals surface area (Å²) in [5, 5.41) is 8.58. The molecular weight excluding hydrogens is 194 g/mol. The van der Waals surface area contributed by atoms with Crippen LogP contribution in [0, 0.1) is 6.92 Å². The molecule has 0 amide bonds. The Kier molecular flexibility index (Phi) is 2.37. The van der Waals surface area contributed by atoms with Crippen LogP contribution < -0.4 is 5.32 Å². The van der Waals surface area contributed by atoms with E-state index in [4.69, 9.17) is 0 Å². The van der Waals surface area contributed by atoms with Crippen LogP contribution in [0.1, 0.15) is 19.7 Å². The third-order valence-electron chi connectivity index (χ3n) is 1.88. The molecule has 3 nitrogen and oxygen atoms in total. The molecule has 2 aromatic heterocycles. The van der Waals surface area contributed by atoms with Crippen LogP contribution in [0.15, 0.2) is 10.8 Å². The second-order valence-electron chi connectivity index (χ2n) is 3.59. The van der Waals surface area contributed by atoms with Gasteiger partial charge in [0.2, 0.25) is 0 Å². The van der Waals surface area contributed by atoms with Crippen molar-refractivity contribution in [3.05, 3.63) is 16.6 Å². The van der Waals surface area contributed by atoms with Gasteiger partial charge in [-0.3, -0.25) is 0 Å². The Balaban J connectivity index is 2.55. The number of aromatic nitrogens is 2. The fourth-order valence-electron chi connectivity index (χ4n) is 1.36. The Morgan fingerprint density at radius 1 is 1.29 bits per heavy atom. The van der Waals surface area contributed by atoms with Gasteiger partial charge in [-0.1, -0.05) is 0 Å². The molecule has 0 bridgehead atoms. The number of nitrogens with one attached hydrogen (secondary N) is 1. The first-order valence-corrected chi connectivity index (χ1v) is 5.58. The van der Waals surface area contributed by atoms with E-state index in [-0.39, 0.29) is 0 Å². The Bertz CT molecular complexity index is 448. The molecule has 14 heavy (non-hydrogen) atoms. The number of rotatable bonds is 2. The first-order valence-electron chi connectivity index (χ1n) is 4.64. The van der Waals surface area contributed by atoms with Crippen molar-refractivity contribution in [3.8, 4) is 0 Å². The van der Waals surface area contributed by atoms with E-state index in [0.29, 0.717) is 6.04 Å². The summed E-state index contributed by atoms with van der Waals surface area (Å²) >= 11 is 1.66. The molecule has 0 aliphatic carbocycles. The van der Waals surface area contributed by atoms with Gasteiger partial charge in [0.05, 0.1) is 10.9 Å². The molecule has 0 spiro atoms. The Hall–Kier alpha value is -1.16. The summed E-state index contributed by atoms with van der Waals surface area (Å²) in [6.07, 6.45) is 0. The molecule has 0 saturated carbocycles. The fraction of sp³-hybridized carbons (Fsp3) is 0.400. The molecule has 0 aliphatic heterocycles. The maximum atomic E-state index is 4.40. The lowest BCUT2D eigenvalue weighted by molar-refractivity contribution is 0.886. The minimum absolute atomic E-state index is 0.396. The lowest BCUT2D eigenvalue weighted by Crippen LogP contribution is -2.11. The van der Waals surface area contributed by atoms with Crippen LogP contribution in [-0.4, -0.2) is 16.0 Å². The van der Waals surface area contributed by atoms with Crippen molar-refractivity contribution in [3.63, 3.8) is 0 Å². The zero-order chi connectivity index (χ0) is 10.1. The number of nitrogens with zero attached hydrogens (tertiary/aromatic N) is 2. The van der Waals surface area contributed by atoms with Gasteiger partial charge in [0.1, 0.15) is 11.6 Å². The predicted octanol–water partition coefficient (Wildman–Crippen LogP) is 2.82. The van der Waals surface area contributed by atoms with Crippen molar-refractivity contribution in [1.82, 2.24) is 9.97 Å². The van der Waals surface area contributed by atoms with E-state index in [1.165, 1.54) is 0 Å². The highest BCUT2D eigenvalue weighted by atomic mass is 32.1. The number of fused-ring (bicyclic) bond motifs is 1. The number of aryl methyl sites for hydroxylation is 1. The lowest BCUT2D eigenvalue weighted by atomic mass is 10.3. The van der Waals surface area contributed by atoms with Crippen molar-refractivity contribution < 1.29 is 0 Å². The largest absolute Gasteiger partial charge is 0.367 e. The monoisotopic (exact) mass is 207 g/mol. The van der Waals surface area contributed by atoms with Gasteiger partial charge in [-0.05, 0) is 20.8 Å². The number of hydrogen-bond donors (Lipinski definition) is 1. The minimum atomic E-state index is 0.396. The van der Waals surface area contributed by atoms with Crippen molar-refractivity contribution in [1.29, 1.82) is 0 Å². The van der Waals surface area contributed by atoms with E-state index in [2.05, 4.69) is 39.9 Å². The molecule has 0 radical (unpaired) electrons. The number of anilines is 1. The van der Waals surface area contributed by atoms with E-state index >= 15 is 0 Å². The maximum absolute atomic E-state index is 4.40. The fourth-order valence-corrected chi connectivity index (χ4v) is 2.10. The van der Waals surface area contributed by atoms with Crippen LogP contribution in [0.25, 0.3) is 10.9 Å². The summed E-state index contributed by atoms with van der Waals surface area (Å²) in [4.78, 5) is 8.76. The maximum Gasteiger partial charge on any atom is 0.138 e. The van der Waals surface area contributed by atoms with Crippen LogP contribution in [0.5, 0.6) is 0 Å². The van der Waals surface area contributed by atoms with Crippen molar-refractivity contribution in [2.45, 2.75) is 26.8 Å². The van der Waals surface area contributed by atoms with E-state index in [0.717, 1.165) is 22.5 Å². The molecule has 0 saturated heterocycles. The van der Waals surface area contributed by atoms with Gasteiger partial charge >= 0.3 is 0 Å². The minimum Gasteiger partial charge on any atom is -0.367 e. The smallest absolute Gasteiger partial charge is 0.138 e. The molecule has 2 heterocycles. The van der Waals surface area contributed by atoms with Gasteiger partial charge in [-0.25, -0.2) is 9.97 Å². The summed E-state index contributed by atoms with van der Waals surface area (Å²) in [7, 11) is 0. The van der Waals surface area contributed by atoms with Crippen molar-refractivity contribution in [2.24, 2.45) is 0 Å². The molecular formula is C10H13N3S. The van der Waals surface area contributed by atoms with Crippen LogP contribution >= 0.6 is 11.3 Å². The van der Waals surface area contributed by atoms with Gasteiger partial charge in [-0.2, -0.15) is 0 Å². The third-order valence-corrected chi connectivity index (χ3v) is 2.61. The quantitative estimate of drug-likeness (QED) is 0.822. The van der Waals surface area contributed by atoms with Gasteiger partial charge in [0.25, 0.3) is 0 Å². The van der Waals surface area contributed by atoms with Crippen LogP contribution in [0.3, 0.4) is 0 Å². The molecule has 74 valence electrons. The molecule has 0 unspecified atom stereocenters. The lowest BCUT2D eigenvalue weighted by Gasteiger charge is -2.10. The number of hydrogen-bond acceptors (Lipinski definition) is 4. The summed E-state index contributed by atoms with van der Waals surface area (Å²) < 4.78 is 0. The van der Waals surface area contributed by atoms with E-state index in [1.807, 2.05) is 6.92 Å². The highest BCUT2D eigenvalue weighted by Crippen LogP contribution is 2.24. The molecule has 1 N–H and O–H groups in total. The second kappa shape index (κ2) is 3.53. The average molecular weight is 207 g/mol. The first kappa shape index (κ1) is 9.40. The molecule has 0 atom stereocenters. The van der Waals surface area contributed by atoms with Gasteiger partial charge in [-0.15, -0.1) is 11.3 Å². The standard InChI is InChI=1S/C10H13N3S/c1-6(2)11-10-8-4-14-5-9(8)12-7(3)13-10/h4-6H,1-3H3,(H,11,12,13). The molecule has 0 aliphatic rings. The summed E-state index contributed by atoms with van der Waals surface area (Å²) in [6.45, 7) is 6.13. The zero-order valence-corrected chi connectivity index (χ0v) is 9.35. The molecule has 4 heteroatoms. The normalized spacial score (nSPS) is 11.1. The van der Waals surface area contributed by atoms with Gasteiger partial charge < -0.3 is 5.32 Å². The van der Waals surface area contributed by atoms with Crippen molar-refractivity contribution >= 4 is 28.1 Å². The molecule has 0 fully saturated rings. The van der Waals surface area contributed by atoms with Gasteiger partial charge in [0, 0.05) is 16.8 Å². The summed E-state index contributed by atoms with van der Waals surface area (Å²) in [5.74, 6) is 1.77. The van der Waals surface area contributed by atoms with Crippen molar-refractivity contribution in [2.75, 3.05) is 5.32 Å². The highest BCUT2D eigenvalue weighted by molar-refractivity contribution is 7.09. The van der Waals surface area contributed by atoms with Crippen LogP contribution in [0.2, 0.25) is 0 Å². The van der Waals surface area contributed by atoms with E-state index in [9.17, 15) is 0 Å². The van der Waals surface area contributed by atoms with Gasteiger partial charge in [0.15, 0.2) is 0 Å². The van der Waals surface area contributed by atoms with Crippen LogP contribution in [0.4, 0.5) is 5.82 Å². The Morgan fingerprint density at radius 3 is 2.79 bits per heavy atom. The number of thiophene rings is 1. The second-order valence-corrected chi connectivity index (χ2v) is 4.33. The topological polar surface area (TPSA) is 37.8 Å². The Labute approximate surface area is 87.2 Å². The predicted molar refractivity (Wildman–Crippen MR) is 60.9 cm³/mol. The van der Waals surface area contributed by atoms with Crippen LogP contribution in [-0.2, 0) is 0 Å². The SMILES string of the molecule is Cc1nc(NC(C)C)c2cscc2n1. The average Bonchev–Trinajstić information content (AvgIpc) is 2.50. The van der Waals surface area contributed by atoms with E-state index in [1.54, 1.807) is 11.3 Å². The molecule has 2 aromatic rings. The molecule has 0 aromatic carbocycles. The van der Waals surface area contributed by atoms with E-state index < -0.39 is 0 Å². The Morgan fingerprint density at radius 2 is 2.07 bits per heavy atom. The molecule has 2 rings (SSSR count). The first-order chi connectivity index (χ1) is 6.66. The third kappa shape index (κ3) is 1.70. The summed E-state index contributed by atoms with van der Waals surface area (Å²) in [5.41, 5.74) is 1.03.